The molecular formula is C15H13FN6O3S. The van der Waals surface area contributed by atoms with E-state index in [1.54, 1.807) is 24.3 Å². The number of para-hydroxylation sites is 1. The number of nitrogens with zero attached hydrogens (tertiary/aromatic N) is 4. The van der Waals surface area contributed by atoms with Crippen molar-refractivity contribution in [1.29, 1.82) is 0 Å². The fourth-order valence-corrected chi connectivity index (χ4v) is 2.77. The van der Waals surface area contributed by atoms with Crippen molar-refractivity contribution in [3.63, 3.8) is 0 Å². The van der Waals surface area contributed by atoms with E-state index in [0.29, 0.717) is 5.69 Å². The molecule has 2 aromatic carbocycles. The highest BCUT2D eigenvalue weighted by Crippen LogP contribution is 2.22. The van der Waals surface area contributed by atoms with Gasteiger partial charge in [0.2, 0.25) is 10.0 Å². The molecule has 0 radical (unpaired) electrons. The summed E-state index contributed by atoms with van der Waals surface area (Å²) in [6.45, 7) is 0. The molecule has 0 bridgehead atoms. The molecule has 0 spiro atoms. The van der Waals surface area contributed by atoms with E-state index in [-0.39, 0.29) is 16.9 Å². The SMILES string of the molecule is CS(=O)(=O)Nc1cc(NC(=O)c2ccccc2-n2cnnn2)ccc1F. The summed E-state index contributed by atoms with van der Waals surface area (Å²) in [7, 11) is -3.66. The minimum Gasteiger partial charge on any atom is -0.322 e. The van der Waals surface area contributed by atoms with Gasteiger partial charge in [-0.1, -0.05) is 12.1 Å². The summed E-state index contributed by atoms with van der Waals surface area (Å²) in [4.78, 5) is 12.6. The third-order valence-corrected chi connectivity index (χ3v) is 3.85. The van der Waals surface area contributed by atoms with Gasteiger partial charge in [0.1, 0.15) is 12.1 Å². The minimum absolute atomic E-state index is 0.217. The number of sulfonamides is 1. The second-order valence-corrected chi connectivity index (χ2v) is 7.04. The summed E-state index contributed by atoms with van der Waals surface area (Å²) in [6, 6.07) is 10.2. The molecule has 0 aliphatic rings. The van der Waals surface area contributed by atoms with Crippen LogP contribution in [0.3, 0.4) is 0 Å². The Kier molecular flexibility index (Phi) is 4.63. The summed E-state index contributed by atoms with van der Waals surface area (Å²) in [6.07, 6.45) is 2.25. The van der Waals surface area contributed by atoms with E-state index in [0.717, 1.165) is 12.3 Å². The van der Waals surface area contributed by atoms with Crippen molar-refractivity contribution in [3.8, 4) is 5.69 Å². The second kappa shape index (κ2) is 6.88. The lowest BCUT2D eigenvalue weighted by Gasteiger charge is -2.11. The van der Waals surface area contributed by atoms with Crippen LogP contribution in [-0.4, -0.2) is 40.8 Å². The lowest BCUT2D eigenvalue weighted by atomic mass is 10.1. The standard InChI is InChI=1S/C15H13FN6O3S/c1-26(24,25)19-13-8-10(6-7-12(13)16)18-15(23)11-4-2-3-5-14(11)22-9-17-20-21-22/h2-9,19H,1H3,(H,18,23). The van der Waals surface area contributed by atoms with Gasteiger partial charge in [-0.3, -0.25) is 9.52 Å². The number of benzene rings is 2. The first kappa shape index (κ1) is 17.5. The van der Waals surface area contributed by atoms with Crippen molar-refractivity contribution in [3.05, 3.63) is 60.2 Å². The third kappa shape index (κ3) is 4.00. The van der Waals surface area contributed by atoms with E-state index in [1.165, 1.54) is 23.1 Å². The van der Waals surface area contributed by atoms with Crippen LogP contribution < -0.4 is 10.0 Å². The molecule has 2 N–H and O–H groups in total. The van der Waals surface area contributed by atoms with Gasteiger partial charge >= 0.3 is 0 Å². The van der Waals surface area contributed by atoms with Crippen molar-refractivity contribution >= 4 is 27.3 Å². The number of anilines is 2. The Balaban J connectivity index is 1.89. The number of amides is 1. The van der Waals surface area contributed by atoms with Crippen LogP contribution in [0.4, 0.5) is 15.8 Å². The van der Waals surface area contributed by atoms with Crippen molar-refractivity contribution in [2.45, 2.75) is 0 Å². The zero-order valence-electron chi connectivity index (χ0n) is 13.4. The predicted octanol–water partition coefficient (Wildman–Crippen LogP) is 1.43. The Morgan fingerprint density at radius 1 is 1.19 bits per heavy atom. The number of hydrogen-bond acceptors (Lipinski definition) is 6. The summed E-state index contributed by atoms with van der Waals surface area (Å²) in [5.41, 5.74) is 0.682. The van der Waals surface area contributed by atoms with Crippen LogP contribution in [0.15, 0.2) is 48.8 Å². The molecule has 3 rings (SSSR count). The van der Waals surface area contributed by atoms with Crippen LogP contribution >= 0.6 is 0 Å². The maximum Gasteiger partial charge on any atom is 0.257 e. The third-order valence-electron chi connectivity index (χ3n) is 3.26. The molecule has 26 heavy (non-hydrogen) atoms. The van der Waals surface area contributed by atoms with Gasteiger partial charge in [0.25, 0.3) is 5.91 Å². The van der Waals surface area contributed by atoms with Gasteiger partial charge in [-0.05, 0) is 40.8 Å². The maximum absolute atomic E-state index is 13.7. The maximum atomic E-state index is 13.7. The number of halogens is 1. The molecule has 0 saturated heterocycles. The van der Waals surface area contributed by atoms with Crippen molar-refractivity contribution in [1.82, 2.24) is 20.2 Å². The van der Waals surface area contributed by atoms with E-state index in [1.807, 2.05) is 0 Å². The number of aromatic nitrogens is 4. The molecule has 9 nitrogen and oxygen atoms in total. The largest absolute Gasteiger partial charge is 0.322 e. The van der Waals surface area contributed by atoms with Crippen molar-refractivity contribution in [2.24, 2.45) is 0 Å². The van der Waals surface area contributed by atoms with Gasteiger partial charge in [0, 0.05) is 5.69 Å². The minimum atomic E-state index is -3.66. The van der Waals surface area contributed by atoms with Crippen LogP contribution in [0.5, 0.6) is 0 Å². The topological polar surface area (TPSA) is 119 Å². The molecule has 0 atom stereocenters. The highest BCUT2D eigenvalue weighted by atomic mass is 32.2. The monoisotopic (exact) mass is 376 g/mol. The molecule has 1 amide bonds. The summed E-state index contributed by atoms with van der Waals surface area (Å²) < 4.78 is 39.7. The predicted molar refractivity (Wildman–Crippen MR) is 92.0 cm³/mol. The molecule has 0 aliphatic carbocycles. The van der Waals surface area contributed by atoms with Crippen molar-refractivity contribution < 1.29 is 17.6 Å². The first-order valence-electron chi connectivity index (χ1n) is 7.24. The normalized spacial score (nSPS) is 11.2. The summed E-state index contributed by atoms with van der Waals surface area (Å²) in [5.74, 6) is -1.25. The Hall–Kier alpha value is -3.34. The van der Waals surface area contributed by atoms with Gasteiger partial charge in [-0.2, -0.15) is 4.68 Å². The van der Waals surface area contributed by atoms with Gasteiger partial charge in [0.05, 0.1) is 23.2 Å². The van der Waals surface area contributed by atoms with E-state index in [9.17, 15) is 17.6 Å². The molecule has 134 valence electrons. The number of hydrogen-bond donors (Lipinski definition) is 2. The first-order chi connectivity index (χ1) is 12.3. The van der Waals surface area contributed by atoms with Gasteiger partial charge in [0.15, 0.2) is 0 Å². The molecule has 0 unspecified atom stereocenters. The fraction of sp³-hybridized carbons (Fsp3) is 0.0667. The van der Waals surface area contributed by atoms with Crippen LogP contribution in [-0.2, 0) is 10.0 Å². The van der Waals surface area contributed by atoms with E-state index in [2.05, 4.69) is 25.6 Å². The number of tetrazole rings is 1. The molecule has 0 fully saturated rings. The van der Waals surface area contributed by atoms with E-state index >= 15 is 0 Å². The average Bonchev–Trinajstić information content (AvgIpc) is 3.11. The fourth-order valence-electron chi connectivity index (χ4n) is 2.22. The van der Waals surface area contributed by atoms with Crippen LogP contribution in [0.25, 0.3) is 5.69 Å². The smallest absolute Gasteiger partial charge is 0.257 e. The molecule has 1 aromatic heterocycles. The van der Waals surface area contributed by atoms with Crippen LogP contribution in [0, 0.1) is 5.82 Å². The zero-order chi connectivity index (χ0) is 18.7. The molecule has 0 saturated carbocycles. The highest BCUT2D eigenvalue weighted by Gasteiger charge is 2.15. The lowest BCUT2D eigenvalue weighted by Crippen LogP contribution is -2.16. The average molecular weight is 376 g/mol. The Morgan fingerprint density at radius 2 is 1.96 bits per heavy atom. The Labute approximate surface area is 147 Å². The number of rotatable bonds is 5. The Bertz CT molecular complexity index is 1050. The molecular weight excluding hydrogens is 363 g/mol. The number of carbonyl (C=O) groups excluding carboxylic acids is 1. The molecule has 11 heteroatoms. The molecule has 3 aromatic rings. The highest BCUT2D eigenvalue weighted by molar-refractivity contribution is 7.92. The zero-order valence-corrected chi connectivity index (χ0v) is 14.2. The van der Waals surface area contributed by atoms with Gasteiger partial charge in [-0.15, -0.1) is 5.10 Å². The first-order valence-corrected chi connectivity index (χ1v) is 9.14. The second-order valence-electron chi connectivity index (χ2n) is 5.29. The Morgan fingerprint density at radius 3 is 2.65 bits per heavy atom. The summed E-state index contributed by atoms with van der Waals surface area (Å²) in [5, 5.41) is 13.4. The number of nitrogens with one attached hydrogen (secondary N) is 2. The van der Waals surface area contributed by atoms with Crippen LogP contribution in [0.2, 0.25) is 0 Å². The quantitative estimate of drug-likeness (QED) is 0.695. The van der Waals surface area contributed by atoms with Gasteiger partial charge < -0.3 is 5.32 Å². The van der Waals surface area contributed by atoms with Crippen LogP contribution in [0.1, 0.15) is 10.4 Å². The van der Waals surface area contributed by atoms with E-state index < -0.39 is 21.7 Å². The molecule has 1 heterocycles. The summed E-state index contributed by atoms with van der Waals surface area (Å²) >= 11 is 0. The molecule has 0 aliphatic heterocycles. The lowest BCUT2D eigenvalue weighted by molar-refractivity contribution is 0.102. The van der Waals surface area contributed by atoms with Gasteiger partial charge in [-0.25, -0.2) is 12.8 Å². The van der Waals surface area contributed by atoms with E-state index in [4.69, 9.17) is 0 Å². The van der Waals surface area contributed by atoms with Crippen molar-refractivity contribution in [2.75, 3.05) is 16.3 Å². The number of carbonyl (C=O) groups is 1.